The molecule has 1 aliphatic rings. The summed E-state index contributed by atoms with van der Waals surface area (Å²) in [6, 6.07) is 11.0. The molecule has 10 nitrogen and oxygen atoms in total. The number of nitrogens with zero attached hydrogens (tertiary/aromatic N) is 6. The van der Waals surface area contributed by atoms with Crippen LogP contribution in [0.1, 0.15) is 53.0 Å². The highest BCUT2D eigenvalue weighted by Gasteiger charge is 2.38. The van der Waals surface area contributed by atoms with E-state index in [0.29, 0.717) is 33.5 Å². The van der Waals surface area contributed by atoms with E-state index < -0.39 is 0 Å². The van der Waals surface area contributed by atoms with E-state index in [1.54, 1.807) is 12.4 Å². The third kappa shape index (κ3) is 5.94. The fraction of sp³-hybridized carbons (Fsp3) is 0.333. The largest absolute Gasteiger partial charge is 0.300 e. The zero-order valence-electron chi connectivity index (χ0n) is 19.5. The fourth-order valence-corrected chi connectivity index (χ4v) is 5.84. The lowest BCUT2D eigenvalue weighted by Gasteiger charge is -2.36. The number of rotatable bonds is 9. The standard InChI is InChI=1S/C24H24N8O2S2/c1-14(21-29-31-23(35-21)27-19(33)12-17-6-2-4-8-25-17)15-10-16(11-15)22-30-32-24(36-22)28-20(34)13-18-7-3-5-9-26-18/h2-9,14-16H,10-13H2,1H3,(H,27,31,33)(H,28,32,34)/t14-,15?,16?/m0/s1. The third-order valence-electron chi connectivity index (χ3n) is 6.13. The van der Waals surface area contributed by atoms with Gasteiger partial charge in [-0.25, -0.2) is 0 Å². The lowest BCUT2D eigenvalue weighted by molar-refractivity contribution is -0.116. The van der Waals surface area contributed by atoms with E-state index in [4.69, 9.17) is 0 Å². The van der Waals surface area contributed by atoms with Gasteiger partial charge in [-0.1, -0.05) is 41.7 Å². The number of carbonyl (C=O) groups is 2. The molecule has 1 saturated carbocycles. The summed E-state index contributed by atoms with van der Waals surface area (Å²) in [5, 5.41) is 25.4. The summed E-state index contributed by atoms with van der Waals surface area (Å²) in [6.45, 7) is 2.14. The van der Waals surface area contributed by atoms with Crippen molar-refractivity contribution in [2.45, 2.75) is 44.4 Å². The Morgan fingerprint density at radius 2 is 1.44 bits per heavy atom. The smallest absolute Gasteiger partial charge is 0.232 e. The van der Waals surface area contributed by atoms with Crippen LogP contribution >= 0.6 is 22.7 Å². The second kappa shape index (κ2) is 11.0. The molecule has 0 saturated heterocycles. The van der Waals surface area contributed by atoms with E-state index in [1.165, 1.54) is 22.7 Å². The lowest BCUT2D eigenvalue weighted by Crippen LogP contribution is -2.26. The van der Waals surface area contributed by atoms with Gasteiger partial charge in [0.1, 0.15) is 10.0 Å². The van der Waals surface area contributed by atoms with E-state index in [9.17, 15) is 9.59 Å². The molecule has 0 aliphatic heterocycles. The molecular formula is C24H24N8O2S2. The Bertz CT molecular complexity index is 1320. The Labute approximate surface area is 215 Å². The number of nitrogens with one attached hydrogen (secondary N) is 2. The molecule has 0 aromatic carbocycles. The summed E-state index contributed by atoms with van der Waals surface area (Å²) >= 11 is 2.84. The average Bonchev–Trinajstić information content (AvgIpc) is 3.49. The van der Waals surface area contributed by atoms with Gasteiger partial charge in [-0.3, -0.25) is 19.6 Å². The molecule has 0 radical (unpaired) electrons. The number of pyridine rings is 2. The molecule has 1 atom stereocenters. The van der Waals surface area contributed by atoms with E-state index in [0.717, 1.165) is 22.9 Å². The van der Waals surface area contributed by atoms with E-state index in [1.807, 2.05) is 36.4 Å². The molecule has 0 spiro atoms. The van der Waals surface area contributed by atoms with E-state index in [2.05, 4.69) is 47.9 Å². The number of aromatic nitrogens is 6. The normalized spacial score (nSPS) is 17.7. The molecule has 4 aromatic rings. The number of hydrogen-bond donors (Lipinski definition) is 2. The topological polar surface area (TPSA) is 136 Å². The maximum absolute atomic E-state index is 12.3. The Morgan fingerprint density at radius 1 is 0.861 bits per heavy atom. The van der Waals surface area contributed by atoms with Crippen molar-refractivity contribution < 1.29 is 9.59 Å². The Hall–Kier alpha value is -3.64. The Kier molecular flexibility index (Phi) is 7.33. The zero-order valence-corrected chi connectivity index (χ0v) is 21.1. The van der Waals surface area contributed by atoms with Crippen LogP contribution < -0.4 is 10.6 Å². The maximum atomic E-state index is 12.3. The molecule has 12 heteroatoms. The first kappa shape index (κ1) is 24.1. The minimum Gasteiger partial charge on any atom is -0.300 e. The highest BCUT2D eigenvalue weighted by molar-refractivity contribution is 7.15. The first-order valence-corrected chi connectivity index (χ1v) is 13.2. The average molecular weight is 521 g/mol. The van der Waals surface area contributed by atoms with Gasteiger partial charge in [-0.2, -0.15) is 0 Å². The van der Waals surface area contributed by atoms with Gasteiger partial charge in [0.2, 0.25) is 22.1 Å². The van der Waals surface area contributed by atoms with Crippen molar-refractivity contribution >= 4 is 44.8 Å². The van der Waals surface area contributed by atoms with Gasteiger partial charge < -0.3 is 10.6 Å². The monoisotopic (exact) mass is 520 g/mol. The Morgan fingerprint density at radius 3 is 2.03 bits per heavy atom. The van der Waals surface area contributed by atoms with Crippen LogP contribution in [0.15, 0.2) is 48.8 Å². The molecule has 36 heavy (non-hydrogen) atoms. The maximum Gasteiger partial charge on any atom is 0.232 e. The number of carbonyl (C=O) groups excluding carboxylic acids is 2. The van der Waals surface area contributed by atoms with Crippen molar-refractivity contribution in [1.82, 2.24) is 30.4 Å². The lowest BCUT2D eigenvalue weighted by atomic mass is 9.69. The minimum absolute atomic E-state index is 0.157. The van der Waals surface area contributed by atoms with Gasteiger partial charge in [0.15, 0.2) is 0 Å². The molecule has 0 bridgehead atoms. The SMILES string of the molecule is C[C@H](c1nnc(NC(=O)Cc2ccccn2)s1)C1CC(c2nnc(NC(=O)Cc3ccccn3)s2)C1. The highest BCUT2D eigenvalue weighted by Crippen LogP contribution is 2.49. The highest BCUT2D eigenvalue weighted by atomic mass is 32.1. The van der Waals surface area contributed by atoms with E-state index >= 15 is 0 Å². The summed E-state index contributed by atoms with van der Waals surface area (Å²) in [5.74, 6) is 0.682. The fourth-order valence-electron chi connectivity index (χ4n) is 4.05. The number of hydrogen-bond acceptors (Lipinski definition) is 10. The van der Waals surface area contributed by atoms with Crippen molar-refractivity contribution in [3.05, 3.63) is 70.2 Å². The summed E-state index contributed by atoms with van der Waals surface area (Å²) in [4.78, 5) is 32.9. The van der Waals surface area contributed by atoms with Crippen LogP contribution in [0.3, 0.4) is 0 Å². The zero-order chi connectivity index (χ0) is 24.9. The molecule has 0 unspecified atom stereocenters. The first-order valence-electron chi connectivity index (χ1n) is 11.6. The van der Waals surface area contributed by atoms with Crippen LogP contribution in [-0.4, -0.2) is 42.2 Å². The first-order chi connectivity index (χ1) is 17.5. The molecule has 2 amide bonds. The van der Waals surface area contributed by atoms with Gasteiger partial charge in [-0.05, 0) is 43.0 Å². The molecule has 184 valence electrons. The van der Waals surface area contributed by atoms with Crippen LogP contribution in [0.2, 0.25) is 0 Å². The molecule has 5 rings (SSSR count). The van der Waals surface area contributed by atoms with Crippen molar-refractivity contribution in [1.29, 1.82) is 0 Å². The Balaban J connectivity index is 1.09. The van der Waals surface area contributed by atoms with Crippen LogP contribution in [0.4, 0.5) is 10.3 Å². The molecule has 2 N–H and O–H groups in total. The quantitative estimate of drug-likeness (QED) is 0.340. The molecule has 1 aliphatic carbocycles. The summed E-state index contributed by atoms with van der Waals surface area (Å²) < 4.78 is 0. The molecule has 4 heterocycles. The van der Waals surface area contributed by atoms with Gasteiger partial charge >= 0.3 is 0 Å². The van der Waals surface area contributed by atoms with Gasteiger partial charge in [0.05, 0.1) is 12.8 Å². The molecular weight excluding hydrogens is 496 g/mol. The summed E-state index contributed by atoms with van der Waals surface area (Å²) in [6.07, 6.45) is 5.68. The van der Waals surface area contributed by atoms with Crippen LogP contribution in [0.25, 0.3) is 0 Å². The molecule has 4 aromatic heterocycles. The van der Waals surface area contributed by atoms with Crippen LogP contribution in [0, 0.1) is 5.92 Å². The van der Waals surface area contributed by atoms with Crippen LogP contribution in [-0.2, 0) is 22.4 Å². The molecule has 1 fully saturated rings. The predicted octanol–water partition coefficient (Wildman–Crippen LogP) is 3.84. The van der Waals surface area contributed by atoms with Gasteiger partial charge in [-0.15, -0.1) is 20.4 Å². The second-order valence-corrected chi connectivity index (χ2v) is 10.7. The van der Waals surface area contributed by atoms with E-state index in [-0.39, 0.29) is 30.6 Å². The predicted molar refractivity (Wildman–Crippen MR) is 137 cm³/mol. The number of anilines is 2. The van der Waals surface area contributed by atoms with Crippen molar-refractivity contribution in [3.8, 4) is 0 Å². The minimum atomic E-state index is -0.160. The number of amides is 2. The van der Waals surface area contributed by atoms with Gasteiger partial charge in [0.25, 0.3) is 0 Å². The summed E-state index contributed by atoms with van der Waals surface area (Å²) in [7, 11) is 0. The van der Waals surface area contributed by atoms with Crippen LogP contribution in [0.5, 0.6) is 0 Å². The second-order valence-electron chi connectivity index (χ2n) is 8.70. The van der Waals surface area contributed by atoms with Crippen molar-refractivity contribution in [3.63, 3.8) is 0 Å². The van der Waals surface area contributed by atoms with Crippen molar-refractivity contribution in [2.75, 3.05) is 10.6 Å². The van der Waals surface area contributed by atoms with Crippen molar-refractivity contribution in [2.24, 2.45) is 5.92 Å². The third-order valence-corrected chi connectivity index (χ3v) is 8.17. The summed E-state index contributed by atoms with van der Waals surface area (Å²) in [5.41, 5.74) is 1.42. The van der Waals surface area contributed by atoms with Gasteiger partial charge in [0, 0.05) is 35.6 Å².